The highest BCUT2D eigenvalue weighted by atomic mass is 16.1. The molecule has 2 aromatic carbocycles. The van der Waals surface area contributed by atoms with Crippen molar-refractivity contribution in [3.8, 4) is 11.3 Å². The number of aromatic nitrogens is 6. The minimum absolute atomic E-state index is 0.0401. The summed E-state index contributed by atoms with van der Waals surface area (Å²) in [6, 6.07) is 17.8. The van der Waals surface area contributed by atoms with E-state index in [0.29, 0.717) is 17.3 Å². The van der Waals surface area contributed by atoms with Crippen molar-refractivity contribution in [3.63, 3.8) is 0 Å². The summed E-state index contributed by atoms with van der Waals surface area (Å²) < 4.78 is 1.70. The summed E-state index contributed by atoms with van der Waals surface area (Å²) in [6.07, 6.45) is 0. The van der Waals surface area contributed by atoms with Crippen molar-refractivity contribution in [1.29, 1.82) is 0 Å². The van der Waals surface area contributed by atoms with Gasteiger partial charge in [-0.1, -0.05) is 80.5 Å². The van der Waals surface area contributed by atoms with Crippen molar-refractivity contribution < 1.29 is 0 Å². The molecule has 0 fully saturated rings. The molecule has 1 aliphatic rings. The number of aromatic amines is 1. The molecule has 3 heterocycles. The average Bonchev–Trinajstić information content (AvgIpc) is 3.21. The van der Waals surface area contributed by atoms with Crippen LogP contribution in [0.5, 0.6) is 0 Å². The van der Waals surface area contributed by atoms with E-state index in [4.69, 9.17) is 0 Å². The van der Waals surface area contributed by atoms with Crippen LogP contribution in [0.25, 0.3) is 11.3 Å². The number of anilines is 2. The number of hydrogen-bond acceptors (Lipinski definition) is 6. The summed E-state index contributed by atoms with van der Waals surface area (Å²) in [4.78, 5) is 12.7. The Labute approximate surface area is 173 Å². The van der Waals surface area contributed by atoms with Crippen LogP contribution >= 0.6 is 0 Å². The summed E-state index contributed by atoms with van der Waals surface area (Å²) in [5.74, 6) is 0.420. The molecule has 0 bridgehead atoms. The highest BCUT2D eigenvalue weighted by Gasteiger charge is 2.34. The predicted octanol–water partition coefficient (Wildman–Crippen LogP) is 3.42. The summed E-state index contributed by atoms with van der Waals surface area (Å²) in [6.45, 7) is 6.54. The number of H-pyrrole nitrogens is 1. The molecule has 5 rings (SSSR count). The van der Waals surface area contributed by atoms with E-state index in [1.807, 2.05) is 30.3 Å². The molecule has 8 nitrogen and oxygen atoms in total. The topological polar surface area (TPSA) is 101 Å². The minimum atomic E-state index is -0.384. The van der Waals surface area contributed by atoms with Crippen LogP contribution in [0.1, 0.15) is 43.5 Å². The van der Waals surface area contributed by atoms with Gasteiger partial charge in [0, 0.05) is 11.1 Å². The van der Waals surface area contributed by atoms with Crippen LogP contribution in [0.15, 0.2) is 59.4 Å². The van der Waals surface area contributed by atoms with Gasteiger partial charge in [-0.05, 0) is 27.0 Å². The number of benzene rings is 2. The van der Waals surface area contributed by atoms with E-state index in [1.165, 1.54) is 5.56 Å². The van der Waals surface area contributed by atoms with Gasteiger partial charge in [0.25, 0.3) is 5.56 Å². The molecule has 0 aliphatic carbocycles. The van der Waals surface area contributed by atoms with Crippen molar-refractivity contribution in [3.05, 3.63) is 81.6 Å². The summed E-state index contributed by atoms with van der Waals surface area (Å²) in [5, 5.41) is 22.1. The zero-order valence-electron chi connectivity index (χ0n) is 16.9. The SMILES string of the molecule is CC(C)(C)c1ccc(C2c3c(-c4ccccc4)n[nH]c(=O)c3Nc3nnnn32)cc1. The van der Waals surface area contributed by atoms with Gasteiger partial charge in [-0.3, -0.25) is 4.79 Å². The van der Waals surface area contributed by atoms with Crippen LogP contribution in [0.4, 0.5) is 11.6 Å². The highest BCUT2D eigenvalue weighted by molar-refractivity contribution is 5.75. The van der Waals surface area contributed by atoms with Gasteiger partial charge in [0.1, 0.15) is 11.7 Å². The van der Waals surface area contributed by atoms with Gasteiger partial charge in [0.15, 0.2) is 0 Å². The molecular weight excluding hydrogens is 378 g/mol. The Balaban J connectivity index is 1.76. The fourth-order valence-electron chi connectivity index (χ4n) is 3.83. The Morgan fingerprint density at radius 2 is 1.73 bits per heavy atom. The average molecular weight is 399 g/mol. The molecular formula is C22H21N7O. The van der Waals surface area contributed by atoms with Crippen LogP contribution in [0, 0.1) is 0 Å². The standard InChI is InChI=1S/C22H21N7O/c1-22(2,3)15-11-9-14(10-12-15)19-16-17(13-7-5-4-6-8-13)24-25-20(30)18(16)23-21-26-27-28-29(19)21/h4-12,19H,1-3H3,(H,25,30)(H,23,26,28). The summed E-state index contributed by atoms with van der Waals surface area (Å²) >= 11 is 0. The monoisotopic (exact) mass is 399 g/mol. The third kappa shape index (κ3) is 2.88. The van der Waals surface area contributed by atoms with Gasteiger partial charge in [-0.2, -0.15) is 9.78 Å². The van der Waals surface area contributed by atoms with E-state index in [9.17, 15) is 4.79 Å². The van der Waals surface area contributed by atoms with Gasteiger partial charge < -0.3 is 5.32 Å². The van der Waals surface area contributed by atoms with Crippen LogP contribution in [0.2, 0.25) is 0 Å². The first-order valence-electron chi connectivity index (χ1n) is 9.77. The van der Waals surface area contributed by atoms with Gasteiger partial charge in [0.2, 0.25) is 5.95 Å². The van der Waals surface area contributed by atoms with Gasteiger partial charge in [-0.25, -0.2) is 5.10 Å². The van der Waals surface area contributed by atoms with Gasteiger partial charge in [-0.15, -0.1) is 0 Å². The number of nitrogens with one attached hydrogen (secondary N) is 2. The molecule has 0 radical (unpaired) electrons. The largest absolute Gasteiger partial charge is 0.318 e. The minimum Gasteiger partial charge on any atom is -0.318 e. The van der Waals surface area contributed by atoms with E-state index >= 15 is 0 Å². The van der Waals surface area contributed by atoms with Crippen molar-refractivity contribution in [2.45, 2.75) is 32.2 Å². The van der Waals surface area contributed by atoms with Crippen LogP contribution in [-0.4, -0.2) is 30.4 Å². The molecule has 30 heavy (non-hydrogen) atoms. The van der Waals surface area contributed by atoms with E-state index in [1.54, 1.807) is 4.68 Å². The molecule has 8 heteroatoms. The van der Waals surface area contributed by atoms with E-state index < -0.39 is 0 Å². The third-order valence-corrected chi connectivity index (χ3v) is 5.41. The zero-order chi connectivity index (χ0) is 20.9. The van der Waals surface area contributed by atoms with Crippen molar-refractivity contribution in [1.82, 2.24) is 30.4 Å². The highest BCUT2D eigenvalue weighted by Crippen LogP contribution is 2.41. The van der Waals surface area contributed by atoms with Crippen LogP contribution in [-0.2, 0) is 5.41 Å². The first-order chi connectivity index (χ1) is 14.4. The molecule has 150 valence electrons. The van der Waals surface area contributed by atoms with E-state index in [0.717, 1.165) is 16.7 Å². The second-order valence-electron chi connectivity index (χ2n) is 8.40. The van der Waals surface area contributed by atoms with Crippen molar-refractivity contribution in [2.75, 3.05) is 5.32 Å². The Morgan fingerprint density at radius 1 is 1.00 bits per heavy atom. The Hall–Kier alpha value is -3.81. The zero-order valence-corrected chi connectivity index (χ0v) is 16.9. The second kappa shape index (κ2) is 6.62. The lowest BCUT2D eigenvalue weighted by atomic mass is 9.85. The lowest BCUT2D eigenvalue weighted by Crippen LogP contribution is -2.29. The fraction of sp³-hybridized carbons (Fsp3) is 0.227. The molecule has 0 saturated carbocycles. The number of nitrogens with zero attached hydrogens (tertiary/aromatic N) is 5. The normalized spacial score (nSPS) is 15.2. The second-order valence-corrected chi connectivity index (χ2v) is 8.40. The molecule has 0 amide bonds. The van der Waals surface area contributed by atoms with Crippen molar-refractivity contribution >= 4 is 11.6 Å². The van der Waals surface area contributed by atoms with E-state index in [2.05, 4.69) is 76.1 Å². The van der Waals surface area contributed by atoms with Crippen LogP contribution in [0.3, 0.4) is 0 Å². The van der Waals surface area contributed by atoms with Crippen LogP contribution < -0.4 is 10.9 Å². The maximum Gasteiger partial charge on any atom is 0.288 e. The lowest BCUT2D eigenvalue weighted by molar-refractivity contribution is 0.564. The predicted molar refractivity (Wildman–Crippen MR) is 114 cm³/mol. The Bertz CT molecular complexity index is 1270. The molecule has 1 unspecified atom stereocenters. The maximum atomic E-state index is 12.7. The Kier molecular flexibility index (Phi) is 4.02. The summed E-state index contributed by atoms with van der Waals surface area (Å²) in [7, 11) is 0. The molecule has 1 aliphatic heterocycles. The lowest BCUT2D eigenvalue weighted by Gasteiger charge is -2.28. The summed E-state index contributed by atoms with van der Waals surface area (Å²) in [5.41, 5.74) is 4.68. The van der Waals surface area contributed by atoms with Crippen molar-refractivity contribution in [2.24, 2.45) is 0 Å². The van der Waals surface area contributed by atoms with Gasteiger partial charge in [0.05, 0.1) is 5.69 Å². The molecule has 4 aromatic rings. The number of fused-ring (bicyclic) bond motifs is 2. The smallest absolute Gasteiger partial charge is 0.288 e. The molecule has 0 spiro atoms. The molecule has 0 saturated heterocycles. The molecule has 2 N–H and O–H groups in total. The van der Waals surface area contributed by atoms with Gasteiger partial charge >= 0.3 is 0 Å². The maximum absolute atomic E-state index is 12.7. The number of hydrogen-bond donors (Lipinski definition) is 2. The fourth-order valence-corrected chi connectivity index (χ4v) is 3.83. The Morgan fingerprint density at radius 3 is 2.43 bits per heavy atom. The molecule has 2 aromatic heterocycles. The number of rotatable bonds is 2. The first-order valence-corrected chi connectivity index (χ1v) is 9.77. The molecule has 1 atom stereocenters. The number of tetrazole rings is 1. The van der Waals surface area contributed by atoms with E-state index in [-0.39, 0.29) is 17.0 Å². The quantitative estimate of drug-likeness (QED) is 0.472. The third-order valence-electron chi connectivity index (χ3n) is 5.41. The first kappa shape index (κ1) is 18.2.